The van der Waals surface area contributed by atoms with Gasteiger partial charge in [-0.1, -0.05) is 56.3 Å². The molecule has 1 saturated heterocycles. The number of hydrogen-bond donors (Lipinski definition) is 2. The lowest BCUT2D eigenvalue weighted by Crippen LogP contribution is -2.46. The Morgan fingerprint density at radius 3 is 2.19 bits per heavy atom. The number of phenolic OH excluding ortho intramolecular Hbond substituents is 1. The summed E-state index contributed by atoms with van der Waals surface area (Å²) in [6.45, 7) is 13.1. The third-order valence-electron chi connectivity index (χ3n) is 7.37. The molecule has 1 aliphatic heterocycles. The van der Waals surface area contributed by atoms with E-state index in [1.165, 1.54) is 16.6 Å². The van der Waals surface area contributed by atoms with Gasteiger partial charge in [0.25, 0.3) is 0 Å². The van der Waals surface area contributed by atoms with Gasteiger partial charge in [0.2, 0.25) is 0 Å². The van der Waals surface area contributed by atoms with E-state index in [-0.39, 0.29) is 5.04 Å². The van der Waals surface area contributed by atoms with E-state index in [0.29, 0.717) is 5.75 Å². The van der Waals surface area contributed by atoms with Gasteiger partial charge >= 0.3 is 0 Å². The van der Waals surface area contributed by atoms with Gasteiger partial charge in [-0.3, -0.25) is 4.90 Å². The minimum Gasteiger partial charge on any atom is -0.508 e. The number of benzene rings is 3. The standard InChI is InChI=1S/C27H36N2O2Si/c1-27(2,32(3,4)31)19-21-9-12-23(13-10-21)29-17-15-28(16-18-29)20-25-24-8-6-5-7-22(24)11-14-26(25)30/h5-14,30-31H,15-20H2,1-4H3. The Morgan fingerprint density at radius 2 is 1.53 bits per heavy atom. The van der Waals surface area contributed by atoms with E-state index < -0.39 is 8.32 Å². The number of fused-ring (bicyclic) bond motifs is 1. The summed E-state index contributed by atoms with van der Waals surface area (Å²) in [4.78, 5) is 15.5. The van der Waals surface area contributed by atoms with Gasteiger partial charge in [-0.25, -0.2) is 0 Å². The normalized spacial score (nSPS) is 16.0. The van der Waals surface area contributed by atoms with Crippen LogP contribution in [0.4, 0.5) is 5.69 Å². The molecule has 2 N–H and O–H groups in total. The number of rotatable bonds is 6. The van der Waals surface area contributed by atoms with Crippen molar-refractivity contribution in [3.05, 3.63) is 71.8 Å². The molecule has 1 heterocycles. The molecule has 1 aliphatic rings. The van der Waals surface area contributed by atoms with Crippen LogP contribution in [0.1, 0.15) is 25.0 Å². The molecule has 0 atom stereocenters. The van der Waals surface area contributed by atoms with Gasteiger partial charge in [-0.15, -0.1) is 0 Å². The molecule has 32 heavy (non-hydrogen) atoms. The highest BCUT2D eigenvalue weighted by atomic mass is 28.4. The molecule has 4 nitrogen and oxygen atoms in total. The van der Waals surface area contributed by atoms with E-state index in [2.05, 4.69) is 60.0 Å². The average Bonchev–Trinajstić information content (AvgIpc) is 2.76. The Hall–Kier alpha value is -2.34. The van der Waals surface area contributed by atoms with Crippen LogP contribution in [0.2, 0.25) is 18.1 Å². The molecule has 0 spiro atoms. The number of anilines is 1. The number of nitrogens with zero attached hydrogens (tertiary/aromatic N) is 2. The Morgan fingerprint density at radius 1 is 0.875 bits per heavy atom. The Bertz CT molecular complexity index is 1070. The van der Waals surface area contributed by atoms with Crippen LogP contribution >= 0.6 is 0 Å². The molecule has 0 aromatic heterocycles. The van der Waals surface area contributed by atoms with Crippen molar-refractivity contribution in [3.63, 3.8) is 0 Å². The lowest BCUT2D eigenvalue weighted by atomic mass is 10.0. The summed E-state index contributed by atoms with van der Waals surface area (Å²) in [5.74, 6) is 0.388. The maximum Gasteiger partial charge on any atom is 0.188 e. The molecular formula is C27H36N2O2Si. The summed E-state index contributed by atoms with van der Waals surface area (Å²) in [7, 11) is -2.21. The van der Waals surface area contributed by atoms with E-state index in [1.807, 2.05) is 37.4 Å². The quantitative estimate of drug-likeness (QED) is 0.497. The van der Waals surface area contributed by atoms with Crippen molar-refractivity contribution in [2.75, 3.05) is 31.1 Å². The van der Waals surface area contributed by atoms with Crippen molar-refractivity contribution in [2.24, 2.45) is 0 Å². The van der Waals surface area contributed by atoms with Crippen LogP contribution in [-0.4, -0.2) is 49.3 Å². The van der Waals surface area contributed by atoms with Crippen LogP contribution in [0.3, 0.4) is 0 Å². The Labute approximate surface area is 193 Å². The zero-order valence-corrected chi connectivity index (χ0v) is 20.8. The molecule has 170 valence electrons. The largest absolute Gasteiger partial charge is 0.508 e. The molecule has 0 aliphatic carbocycles. The third kappa shape index (κ3) is 4.85. The molecule has 0 radical (unpaired) electrons. The number of aromatic hydroxyl groups is 1. The van der Waals surface area contributed by atoms with Crippen LogP contribution in [0.15, 0.2) is 60.7 Å². The second-order valence-electron chi connectivity index (χ2n) is 10.3. The molecule has 5 heteroatoms. The van der Waals surface area contributed by atoms with Crippen LogP contribution in [0.25, 0.3) is 10.8 Å². The topological polar surface area (TPSA) is 46.9 Å². The zero-order chi connectivity index (χ0) is 22.9. The summed E-state index contributed by atoms with van der Waals surface area (Å²) in [5, 5.41) is 12.7. The van der Waals surface area contributed by atoms with E-state index in [0.717, 1.165) is 50.1 Å². The maximum absolute atomic E-state index is 10.6. The van der Waals surface area contributed by atoms with Gasteiger partial charge in [0, 0.05) is 44.0 Å². The fraction of sp³-hybridized carbons (Fsp3) is 0.407. The first-order valence-electron chi connectivity index (χ1n) is 11.6. The fourth-order valence-electron chi connectivity index (χ4n) is 4.43. The first kappa shape index (κ1) is 22.8. The zero-order valence-electron chi connectivity index (χ0n) is 19.8. The van der Waals surface area contributed by atoms with Crippen LogP contribution in [0, 0.1) is 0 Å². The van der Waals surface area contributed by atoms with Crippen molar-refractivity contribution < 1.29 is 9.90 Å². The van der Waals surface area contributed by atoms with Gasteiger partial charge in [0.1, 0.15) is 5.75 Å². The third-order valence-corrected chi connectivity index (χ3v) is 10.9. The molecular weight excluding hydrogens is 412 g/mol. The maximum atomic E-state index is 10.6. The molecule has 1 fully saturated rings. The highest BCUT2D eigenvalue weighted by Gasteiger charge is 2.37. The van der Waals surface area contributed by atoms with Gasteiger partial charge in [-0.05, 0) is 59.1 Å². The first-order chi connectivity index (χ1) is 15.1. The number of phenols is 1. The monoisotopic (exact) mass is 448 g/mol. The molecule has 3 aromatic carbocycles. The van der Waals surface area contributed by atoms with E-state index in [1.54, 1.807) is 0 Å². The minimum absolute atomic E-state index is 0.0483. The van der Waals surface area contributed by atoms with Crippen LogP contribution in [-0.2, 0) is 13.0 Å². The van der Waals surface area contributed by atoms with E-state index in [9.17, 15) is 9.90 Å². The first-order valence-corrected chi connectivity index (χ1v) is 14.6. The predicted octanol–water partition coefficient (Wildman–Crippen LogP) is 5.39. The van der Waals surface area contributed by atoms with Crippen molar-refractivity contribution in [1.29, 1.82) is 0 Å². The van der Waals surface area contributed by atoms with Gasteiger partial charge in [-0.2, -0.15) is 0 Å². The molecule has 4 rings (SSSR count). The molecule has 0 bridgehead atoms. The van der Waals surface area contributed by atoms with E-state index >= 15 is 0 Å². The highest BCUT2D eigenvalue weighted by molar-refractivity contribution is 6.72. The van der Waals surface area contributed by atoms with Crippen molar-refractivity contribution in [3.8, 4) is 5.75 Å². The summed E-state index contributed by atoms with van der Waals surface area (Å²) in [6, 6.07) is 21.0. The second kappa shape index (κ2) is 8.89. The second-order valence-corrected chi connectivity index (χ2v) is 14.8. The van der Waals surface area contributed by atoms with Crippen LogP contribution in [0.5, 0.6) is 5.75 Å². The lowest BCUT2D eigenvalue weighted by Gasteiger charge is -2.37. The smallest absolute Gasteiger partial charge is 0.188 e. The molecule has 3 aromatic rings. The van der Waals surface area contributed by atoms with Crippen molar-refractivity contribution >= 4 is 24.8 Å². The molecule has 0 amide bonds. The van der Waals surface area contributed by atoms with Gasteiger partial charge < -0.3 is 14.8 Å². The summed E-state index contributed by atoms with van der Waals surface area (Å²) >= 11 is 0. The highest BCUT2D eigenvalue weighted by Crippen LogP contribution is 2.38. The SMILES string of the molecule is CC(C)(Cc1ccc(N2CCN(Cc3c(O)ccc4ccccc34)CC2)cc1)[Si](C)(C)O. The summed E-state index contributed by atoms with van der Waals surface area (Å²) in [5.41, 5.74) is 3.58. The summed E-state index contributed by atoms with van der Waals surface area (Å²) in [6.07, 6.45) is 0.908. The Balaban J connectivity index is 1.38. The van der Waals surface area contributed by atoms with Crippen LogP contribution < -0.4 is 4.90 Å². The minimum atomic E-state index is -2.21. The van der Waals surface area contributed by atoms with Crippen molar-refractivity contribution in [2.45, 2.75) is 44.9 Å². The number of piperazine rings is 1. The fourth-order valence-corrected chi connectivity index (χ4v) is 5.07. The van der Waals surface area contributed by atoms with Gasteiger partial charge in [0.05, 0.1) is 0 Å². The Kier molecular flexibility index (Phi) is 6.34. The molecule has 0 unspecified atom stereocenters. The molecule has 0 saturated carbocycles. The number of hydrogen-bond acceptors (Lipinski definition) is 4. The predicted molar refractivity (Wildman–Crippen MR) is 137 cm³/mol. The van der Waals surface area contributed by atoms with Crippen molar-refractivity contribution in [1.82, 2.24) is 4.90 Å². The average molecular weight is 449 g/mol. The lowest BCUT2D eigenvalue weighted by molar-refractivity contribution is 0.247. The summed E-state index contributed by atoms with van der Waals surface area (Å²) < 4.78 is 0. The van der Waals surface area contributed by atoms with Gasteiger partial charge in [0.15, 0.2) is 8.32 Å². The van der Waals surface area contributed by atoms with E-state index in [4.69, 9.17) is 0 Å².